The van der Waals surface area contributed by atoms with Crippen molar-refractivity contribution < 1.29 is 27.9 Å². The first-order valence-electron chi connectivity index (χ1n) is 7.11. The summed E-state index contributed by atoms with van der Waals surface area (Å²) >= 11 is 0. The summed E-state index contributed by atoms with van der Waals surface area (Å²) < 4.78 is 29.0. The first-order chi connectivity index (χ1) is 11.8. The van der Waals surface area contributed by atoms with Gasteiger partial charge in [0.15, 0.2) is 0 Å². The minimum atomic E-state index is -4.16. The van der Waals surface area contributed by atoms with Crippen LogP contribution in [0.25, 0.3) is 0 Å². The highest BCUT2D eigenvalue weighted by molar-refractivity contribution is 7.89. The van der Waals surface area contributed by atoms with E-state index in [0.29, 0.717) is 0 Å². The van der Waals surface area contributed by atoms with Crippen molar-refractivity contribution in [3.8, 4) is 5.75 Å². The van der Waals surface area contributed by atoms with E-state index in [0.717, 1.165) is 5.56 Å². The molecule has 0 atom stereocenters. The number of carboxylic acids is 1. The minimum Gasteiger partial charge on any atom is -0.489 e. The third-order valence-electron chi connectivity index (χ3n) is 3.09. The van der Waals surface area contributed by atoms with Gasteiger partial charge in [-0.2, -0.15) is 0 Å². The Morgan fingerprint density at radius 2 is 1.80 bits per heavy atom. The summed E-state index contributed by atoms with van der Waals surface area (Å²) in [5.41, 5.74) is 0.777. The standard InChI is InChI=1S/C16H16N2O6S/c17-25(22,23)14-8-12(24-10-11-4-2-1-3-5-11)6-7-13(14)18-15(19)9-16(20)21/h1-8H,9-10H2,(H,18,19)(H,20,21)(H2,17,22,23). The first kappa shape index (κ1) is 18.4. The lowest BCUT2D eigenvalue weighted by Crippen LogP contribution is -2.20. The van der Waals surface area contributed by atoms with E-state index in [4.69, 9.17) is 15.0 Å². The molecule has 0 heterocycles. The van der Waals surface area contributed by atoms with Crippen LogP contribution in [0.5, 0.6) is 5.75 Å². The molecule has 4 N–H and O–H groups in total. The number of hydrogen-bond acceptors (Lipinski definition) is 5. The number of primary sulfonamides is 1. The minimum absolute atomic E-state index is 0.110. The zero-order chi connectivity index (χ0) is 18.4. The van der Waals surface area contributed by atoms with Gasteiger partial charge in [0.25, 0.3) is 0 Å². The molecule has 2 aromatic rings. The van der Waals surface area contributed by atoms with E-state index in [2.05, 4.69) is 5.32 Å². The molecule has 2 rings (SSSR count). The van der Waals surface area contributed by atoms with Crippen LogP contribution in [0.3, 0.4) is 0 Å². The van der Waals surface area contributed by atoms with Crippen molar-refractivity contribution in [3.63, 3.8) is 0 Å². The molecule has 0 aliphatic rings. The van der Waals surface area contributed by atoms with Crippen molar-refractivity contribution >= 4 is 27.6 Å². The zero-order valence-electron chi connectivity index (χ0n) is 13.0. The fourth-order valence-corrected chi connectivity index (χ4v) is 2.71. The van der Waals surface area contributed by atoms with Crippen LogP contribution < -0.4 is 15.2 Å². The Labute approximate surface area is 144 Å². The number of anilines is 1. The van der Waals surface area contributed by atoms with Gasteiger partial charge in [-0.15, -0.1) is 0 Å². The number of hydrogen-bond donors (Lipinski definition) is 3. The van der Waals surface area contributed by atoms with Gasteiger partial charge in [0.2, 0.25) is 15.9 Å². The zero-order valence-corrected chi connectivity index (χ0v) is 13.8. The van der Waals surface area contributed by atoms with E-state index in [-0.39, 0.29) is 22.9 Å². The normalized spacial score (nSPS) is 10.9. The molecule has 132 valence electrons. The Balaban J connectivity index is 2.21. The maximum Gasteiger partial charge on any atom is 0.312 e. The van der Waals surface area contributed by atoms with Crippen LogP contribution in [-0.4, -0.2) is 25.4 Å². The van der Waals surface area contributed by atoms with Crippen LogP contribution in [0.15, 0.2) is 53.4 Å². The molecule has 0 saturated carbocycles. The van der Waals surface area contributed by atoms with E-state index in [1.54, 1.807) is 0 Å². The van der Waals surface area contributed by atoms with Crippen molar-refractivity contribution in [2.75, 3.05) is 5.32 Å². The summed E-state index contributed by atoms with van der Waals surface area (Å²) in [5, 5.41) is 16.0. The third-order valence-corrected chi connectivity index (χ3v) is 4.04. The molecule has 0 fully saturated rings. The Morgan fingerprint density at radius 1 is 1.12 bits per heavy atom. The number of carboxylic acid groups (broad SMARTS) is 1. The number of carbonyl (C=O) groups excluding carboxylic acids is 1. The molecule has 0 aliphatic carbocycles. The highest BCUT2D eigenvalue weighted by Crippen LogP contribution is 2.26. The van der Waals surface area contributed by atoms with E-state index in [1.807, 2.05) is 30.3 Å². The van der Waals surface area contributed by atoms with Crippen LogP contribution in [0, 0.1) is 0 Å². The number of carbonyl (C=O) groups is 2. The molecule has 2 aromatic carbocycles. The predicted octanol–water partition coefficient (Wildman–Crippen LogP) is 1.33. The molecular weight excluding hydrogens is 348 g/mol. The lowest BCUT2D eigenvalue weighted by Gasteiger charge is -2.12. The van der Waals surface area contributed by atoms with Crippen molar-refractivity contribution in [2.24, 2.45) is 5.14 Å². The van der Waals surface area contributed by atoms with Gasteiger partial charge in [0, 0.05) is 6.07 Å². The van der Waals surface area contributed by atoms with Gasteiger partial charge in [-0.05, 0) is 17.7 Å². The highest BCUT2D eigenvalue weighted by Gasteiger charge is 2.18. The van der Waals surface area contributed by atoms with E-state index in [9.17, 15) is 18.0 Å². The second-order valence-corrected chi connectivity index (χ2v) is 6.63. The SMILES string of the molecule is NS(=O)(=O)c1cc(OCc2ccccc2)ccc1NC(=O)CC(=O)O. The van der Waals surface area contributed by atoms with E-state index >= 15 is 0 Å². The number of nitrogens with one attached hydrogen (secondary N) is 1. The molecule has 0 unspecified atom stereocenters. The van der Waals surface area contributed by atoms with Gasteiger partial charge >= 0.3 is 5.97 Å². The maximum atomic E-state index is 11.7. The quantitative estimate of drug-likeness (QED) is 0.634. The van der Waals surface area contributed by atoms with Gasteiger partial charge in [0.1, 0.15) is 23.7 Å². The lowest BCUT2D eigenvalue weighted by molar-refractivity contribution is -0.139. The van der Waals surface area contributed by atoms with Crippen LogP contribution >= 0.6 is 0 Å². The summed E-state index contributed by atoms with van der Waals surface area (Å²) in [4.78, 5) is 21.7. The van der Waals surface area contributed by atoms with Gasteiger partial charge in [-0.25, -0.2) is 13.6 Å². The molecule has 0 bridgehead atoms. The number of nitrogens with two attached hydrogens (primary N) is 1. The van der Waals surface area contributed by atoms with Crippen LogP contribution in [0.1, 0.15) is 12.0 Å². The fourth-order valence-electron chi connectivity index (χ4n) is 2.00. The summed E-state index contributed by atoms with van der Waals surface area (Å²) in [6, 6.07) is 13.2. The fraction of sp³-hybridized carbons (Fsp3) is 0.125. The average Bonchev–Trinajstić information content (AvgIpc) is 2.53. The van der Waals surface area contributed by atoms with Crippen molar-refractivity contribution in [1.82, 2.24) is 0 Å². The summed E-state index contributed by atoms with van der Waals surface area (Å²) in [6.45, 7) is 0.218. The van der Waals surface area contributed by atoms with Gasteiger partial charge in [-0.3, -0.25) is 9.59 Å². The summed E-state index contributed by atoms with van der Waals surface area (Å²) in [6.07, 6.45) is -0.795. The molecule has 0 aromatic heterocycles. The molecule has 0 radical (unpaired) electrons. The number of sulfonamides is 1. The second kappa shape index (κ2) is 7.77. The molecular formula is C16H16N2O6S. The molecule has 8 nitrogen and oxygen atoms in total. The Kier molecular flexibility index (Phi) is 5.73. The first-order valence-corrected chi connectivity index (χ1v) is 8.65. The Hall–Kier alpha value is -2.91. The maximum absolute atomic E-state index is 11.7. The monoisotopic (exact) mass is 364 g/mol. The lowest BCUT2D eigenvalue weighted by atomic mass is 10.2. The van der Waals surface area contributed by atoms with E-state index in [1.165, 1.54) is 18.2 Å². The third kappa shape index (κ3) is 5.59. The smallest absolute Gasteiger partial charge is 0.312 e. The van der Waals surface area contributed by atoms with Gasteiger partial charge in [-0.1, -0.05) is 30.3 Å². The number of rotatable bonds is 7. The summed E-state index contributed by atoms with van der Waals surface area (Å²) in [7, 11) is -4.16. The van der Waals surface area contributed by atoms with Crippen molar-refractivity contribution in [2.45, 2.75) is 17.9 Å². The molecule has 0 spiro atoms. The van der Waals surface area contributed by atoms with Crippen LogP contribution in [0.4, 0.5) is 5.69 Å². The molecule has 0 saturated heterocycles. The molecule has 1 amide bonds. The molecule has 25 heavy (non-hydrogen) atoms. The molecule has 9 heteroatoms. The van der Waals surface area contributed by atoms with Crippen molar-refractivity contribution in [1.29, 1.82) is 0 Å². The summed E-state index contributed by atoms with van der Waals surface area (Å²) in [5.74, 6) is -1.96. The number of aliphatic carboxylic acids is 1. The Bertz CT molecular complexity index is 881. The topological polar surface area (TPSA) is 136 Å². The van der Waals surface area contributed by atoms with E-state index < -0.39 is 28.3 Å². The number of amides is 1. The predicted molar refractivity (Wildman–Crippen MR) is 89.5 cm³/mol. The highest BCUT2D eigenvalue weighted by atomic mass is 32.2. The van der Waals surface area contributed by atoms with Gasteiger partial charge in [0.05, 0.1) is 5.69 Å². The second-order valence-electron chi connectivity index (χ2n) is 5.10. The largest absolute Gasteiger partial charge is 0.489 e. The number of ether oxygens (including phenoxy) is 1. The average molecular weight is 364 g/mol. The van der Waals surface area contributed by atoms with Gasteiger partial charge < -0.3 is 15.2 Å². The van der Waals surface area contributed by atoms with Crippen LogP contribution in [0.2, 0.25) is 0 Å². The van der Waals surface area contributed by atoms with Crippen LogP contribution in [-0.2, 0) is 26.2 Å². The number of benzene rings is 2. The molecule has 0 aliphatic heterocycles. The Morgan fingerprint density at radius 3 is 2.40 bits per heavy atom. The van der Waals surface area contributed by atoms with Crippen molar-refractivity contribution in [3.05, 3.63) is 54.1 Å².